The van der Waals surface area contributed by atoms with Crippen LogP contribution in [0.4, 0.5) is 0 Å². The van der Waals surface area contributed by atoms with E-state index in [2.05, 4.69) is 9.97 Å². The number of nitrogens with zero attached hydrogens (tertiary/aromatic N) is 2. The summed E-state index contributed by atoms with van der Waals surface area (Å²) in [6, 6.07) is 0. The molecule has 0 atom stereocenters. The van der Waals surface area contributed by atoms with E-state index in [1.807, 2.05) is 6.92 Å². The fourth-order valence-electron chi connectivity index (χ4n) is 1.25. The highest BCUT2D eigenvalue weighted by molar-refractivity contribution is 5.27. The van der Waals surface area contributed by atoms with E-state index < -0.39 is 0 Å². The molecule has 0 bridgehead atoms. The largest absolute Gasteiger partial charge is 0.477 e. The van der Waals surface area contributed by atoms with Crippen LogP contribution in [-0.4, -0.2) is 21.7 Å². The maximum Gasteiger partial charge on any atom is 0.219 e. The maximum absolute atomic E-state index is 8.99. The van der Waals surface area contributed by atoms with Gasteiger partial charge in [0.15, 0.2) is 0 Å². The van der Waals surface area contributed by atoms with Gasteiger partial charge in [0.05, 0.1) is 18.9 Å². The van der Waals surface area contributed by atoms with Crippen LogP contribution in [0.15, 0.2) is 6.33 Å². The van der Waals surface area contributed by atoms with E-state index in [1.54, 1.807) is 0 Å². The Morgan fingerprint density at radius 2 is 2.29 bits per heavy atom. The second kappa shape index (κ2) is 3.92. The van der Waals surface area contributed by atoms with E-state index >= 15 is 0 Å². The van der Waals surface area contributed by atoms with Crippen molar-refractivity contribution in [3.8, 4) is 5.88 Å². The normalized spacial score (nSPS) is 15.6. The maximum atomic E-state index is 8.99. The van der Waals surface area contributed by atoms with Crippen molar-refractivity contribution >= 4 is 0 Å². The standard InChI is InChI=1S/C10H14N2O2/c1-7-9(4-13)11-6-12-10(7)14-5-8-2-3-8/h6,8,13H,2-5H2,1H3. The molecule has 1 N–H and O–H groups in total. The van der Waals surface area contributed by atoms with Crippen LogP contribution in [0.1, 0.15) is 24.1 Å². The number of hydrogen-bond donors (Lipinski definition) is 1. The smallest absolute Gasteiger partial charge is 0.219 e. The van der Waals surface area contributed by atoms with Gasteiger partial charge in [0, 0.05) is 5.56 Å². The molecule has 0 amide bonds. The quantitative estimate of drug-likeness (QED) is 0.778. The molecule has 0 aromatic carbocycles. The van der Waals surface area contributed by atoms with E-state index in [9.17, 15) is 0 Å². The van der Waals surface area contributed by atoms with Crippen LogP contribution >= 0.6 is 0 Å². The number of aliphatic hydroxyl groups excluding tert-OH is 1. The van der Waals surface area contributed by atoms with Crippen molar-refractivity contribution < 1.29 is 9.84 Å². The zero-order chi connectivity index (χ0) is 9.97. The van der Waals surface area contributed by atoms with Crippen LogP contribution in [-0.2, 0) is 6.61 Å². The number of aliphatic hydroxyl groups is 1. The van der Waals surface area contributed by atoms with Crippen LogP contribution in [0.25, 0.3) is 0 Å². The molecule has 14 heavy (non-hydrogen) atoms. The van der Waals surface area contributed by atoms with Crippen molar-refractivity contribution in [3.05, 3.63) is 17.6 Å². The first-order chi connectivity index (χ1) is 6.81. The predicted molar refractivity (Wildman–Crippen MR) is 50.9 cm³/mol. The molecule has 4 heteroatoms. The molecule has 0 unspecified atom stereocenters. The third-order valence-electron chi connectivity index (χ3n) is 2.44. The first kappa shape index (κ1) is 9.40. The lowest BCUT2D eigenvalue weighted by atomic mass is 10.2. The molecule has 76 valence electrons. The molecule has 0 aliphatic heterocycles. The van der Waals surface area contributed by atoms with Crippen molar-refractivity contribution in [2.24, 2.45) is 5.92 Å². The Hall–Kier alpha value is -1.16. The van der Waals surface area contributed by atoms with Gasteiger partial charge in [-0.05, 0) is 25.7 Å². The van der Waals surface area contributed by atoms with Crippen LogP contribution in [0.2, 0.25) is 0 Å². The predicted octanol–water partition coefficient (Wildman–Crippen LogP) is 1.07. The lowest BCUT2D eigenvalue weighted by Crippen LogP contribution is -2.05. The van der Waals surface area contributed by atoms with Crippen LogP contribution in [0.5, 0.6) is 5.88 Å². The summed E-state index contributed by atoms with van der Waals surface area (Å²) in [5.74, 6) is 1.32. The molecular weight excluding hydrogens is 180 g/mol. The zero-order valence-corrected chi connectivity index (χ0v) is 8.23. The van der Waals surface area contributed by atoms with Crippen molar-refractivity contribution in [1.82, 2.24) is 9.97 Å². The molecule has 1 saturated carbocycles. The summed E-state index contributed by atoms with van der Waals surface area (Å²) >= 11 is 0. The average molecular weight is 194 g/mol. The van der Waals surface area contributed by atoms with Crippen LogP contribution < -0.4 is 4.74 Å². The topological polar surface area (TPSA) is 55.2 Å². The Balaban J connectivity index is 2.06. The van der Waals surface area contributed by atoms with E-state index in [4.69, 9.17) is 9.84 Å². The van der Waals surface area contributed by atoms with Gasteiger partial charge in [-0.3, -0.25) is 0 Å². The Kier molecular flexibility index (Phi) is 2.63. The molecule has 0 radical (unpaired) electrons. The van der Waals surface area contributed by atoms with Gasteiger partial charge in [0.1, 0.15) is 6.33 Å². The Morgan fingerprint density at radius 1 is 1.50 bits per heavy atom. The molecule has 0 saturated heterocycles. The molecule has 1 aliphatic carbocycles. The highest BCUT2D eigenvalue weighted by atomic mass is 16.5. The molecule has 1 aromatic rings. The van der Waals surface area contributed by atoms with E-state index in [0.717, 1.165) is 12.2 Å². The van der Waals surface area contributed by atoms with Gasteiger partial charge in [-0.25, -0.2) is 9.97 Å². The summed E-state index contributed by atoms with van der Waals surface area (Å²) in [7, 11) is 0. The highest BCUT2D eigenvalue weighted by Crippen LogP contribution is 2.29. The average Bonchev–Trinajstić information content (AvgIpc) is 3.00. The van der Waals surface area contributed by atoms with E-state index in [-0.39, 0.29) is 6.61 Å². The number of rotatable bonds is 4. The SMILES string of the molecule is Cc1c(CO)ncnc1OCC1CC1. The Morgan fingerprint density at radius 3 is 2.93 bits per heavy atom. The van der Waals surface area contributed by atoms with Gasteiger partial charge in [-0.15, -0.1) is 0 Å². The number of hydrogen-bond acceptors (Lipinski definition) is 4. The Bertz CT molecular complexity index is 324. The minimum Gasteiger partial charge on any atom is -0.477 e. The fourth-order valence-corrected chi connectivity index (χ4v) is 1.25. The van der Waals surface area contributed by atoms with Gasteiger partial charge in [-0.2, -0.15) is 0 Å². The van der Waals surface area contributed by atoms with Gasteiger partial charge in [0.2, 0.25) is 5.88 Å². The fraction of sp³-hybridized carbons (Fsp3) is 0.600. The minimum atomic E-state index is -0.0614. The third-order valence-corrected chi connectivity index (χ3v) is 2.44. The van der Waals surface area contributed by atoms with Gasteiger partial charge in [-0.1, -0.05) is 0 Å². The summed E-state index contributed by atoms with van der Waals surface area (Å²) in [5.41, 5.74) is 1.49. The lowest BCUT2D eigenvalue weighted by Gasteiger charge is -2.08. The molecule has 4 nitrogen and oxygen atoms in total. The monoisotopic (exact) mass is 194 g/mol. The lowest BCUT2D eigenvalue weighted by molar-refractivity contribution is 0.266. The first-order valence-corrected chi connectivity index (χ1v) is 4.85. The van der Waals surface area contributed by atoms with E-state index in [1.165, 1.54) is 19.2 Å². The van der Waals surface area contributed by atoms with Gasteiger partial charge >= 0.3 is 0 Å². The molecular formula is C10H14N2O2. The van der Waals surface area contributed by atoms with Crippen molar-refractivity contribution in [2.75, 3.05) is 6.61 Å². The summed E-state index contributed by atoms with van der Waals surface area (Å²) in [6.07, 6.45) is 3.95. The minimum absolute atomic E-state index is 0.0614. The van der Waals surface area contributed by atoms with Crippen molar-refractivity contribution in [3.63, 3.8) is 0 Å². The molecule has 1 aliphatic rings. The second-order valence-electron chi connectivity index (χ2n) is 3.66. The number of aromatic nitrogens is 2. The molecule has 1 fully saturated rings. The van der Waals surface area contributed by atoms with Crippen LogP contribution in [0, 0.1) is 12.8 Å². The highest BCUT2D eigenvalue weighted by Gasteiger charge is 2.22. The Labute approximate surface area is 83.0 Å². The summed E-state index contributed by atoms with van der Waals surface area (Å²) < 4.78 is 5.54. The first-order valence-electron chi connectivity index (χ1n) is 4.85. The van der Waals surface area contributed by atoms with Gasteiger partial charge in [0.25, 0.3) is 0 Å². The summed E-state index contributed by atoms with van der Waals surface area (Å²) in [6.45, 7) is 2.55. The molecule has 0 spiro atoms. The molecule has 1 aromatic heterocycles. The van der Waals surface area contributed by atoms with Crippen LogP contribution in [0.3, 0.4) is 0 Å². The van der Waals surface area contributed by atoms with E-state index in [0.29, 0.717) is 17.5 Å². The van der Waals surface area contributed by atoms with Crippen molar-refractivity contribution in [1.29, 1.82) is 0 Å². The van der Waals surface area contributed by atoms with Crippen molar-refractivity contribution in [2.45, 2.75) is 26.4 Å². The third kappa shape index (κ3) is 2.01. The molecule has 1 heterocycles. The number of ether oxygens (including phenoxy) is 1. The van der Waals surface area contributed by atoms with Gasteiger partial charge < -0.3 is 9.84 Å². The second-order valence-corrected chi connectivity index (χ2v) is 3.66. The molecule has 2 rings (SSSR count). The zero-order valence-electron chi connectivity index (χ0n) is 8.23. The summed E-state index contributed by atoms with van der Waals surface area (Å²) in [5, 5.41) is 8.99. The summed E-state index contributed by atoms with van der Waals surface area (Å²) in [4.78, 5) is 8.00.